The van der Waals surface area contributed by atoms with Crippen LogP contribution in [0.25, 0.3) is 0 Å². The van der Waals surface area contributed by atoms with E-state index in [0.717, 1.165) is 11.1 Å². The monoisotopic (exact) mass is 352 g/mol. The molecule has 0 radical (unpaired) electrons. The van der Waals surface area contributed by atoms with Crippen molar-refractivity contribution in [2.45, 2.75) is 37.9 Å². The fourth-order valence-electron chi connectivity index (χ4n) is 3.72. The second kappa shape index (κ2) is 7.70. The van der Waals surface area contributed by atoms with Crippen molar-refractivity contribution in [3.05, 3.63) is 71.8 Å². The van der Waals surface area contributed by atoms with Gasteiger partial charge in [-0.25, -0.2) is 0 Å². The minimum atomic E-state index is -0.789. The first-order valence-electron chi connectivity index (χ1n) is 8.86. The van der Waals surface area contributed by atoms with Gasteiger partial charge in [0.15, 0.2) is 0 Å². The van der Waals surface area contributed by atoms with Crippen molar-refractivity contribution in [1.82, 2.24) is 10.2 Å². The van der Waals surface area contributed by atoms with E-state index in [-0.39, 0.29) is 18.4 Å². The van der Waals surface area contributed by atoms with E-state index < -0.39 is 11.6 Å². The summed E-state index contributed by atoms with van der Waals surface area (Å²) < 4.78 is 0. The lowest BCUT2D eigenvalue weighted by Gasteiger charge is -2.49. The Morgan fingerprint density at radius 2 is 1.77 bits per heavy atom. The van der Waals surface area contributed by atoms with Crippen LogP contribution in [0.5, 0.6) is 0 Å². The number of piperidine rings is 1. The third kappa shape index (κ3) is 3.48. The fraction of sp³-hybridized carbons (Fsp3) is 0.333. The van der Waals surface area contributed by atoms with Gasteiger partial charge >= 0.3 is 0 Å². The molecule has 2 aromatic carbocycles. The molecule has 1 saturated heterocycles. The van der Waals surface area contributed by atoms with Gasteiger partial charge < -0.3 is 15.3 Å². The Kier molecular flexibility index (Phi) is 5.38. The summed E-state index contributed by atoms with van der Waals surface area (Å²) >= 11 is 0. The maximum atomic E-state index is 13.2. The molecule has 2 aromatic rings. The molecule has 0 unspecified atom stereocenters. The van der Waals surface area contributed by atoms with E-state index in [1.807, 2.05) is 60.7 Å². The molecular formula is C21H24N2O3. The Morgan fingerprint density at radius 1 is 1.15 bits per heavy atom. The van der Waals surface area contributed by atoms with Crippen LogP contribution in [0.1, 0.15) is 30.9 Å². The normalized spacial score (nSPS) is 22.9. The van der Waals surface area contributed by atoms with Crippen LogP contribution in [0, 0.1) is 0 Å². The summed E-state index contributed by atoms with van der Waals surface area (Å²) in [4.78, 5) is 26.4. The maximum absolute atomic E-state index is 13.2. The molecule has 0 bridgehead atoms. The molecule has 1 fully saturated rings. The lowest BCUT2D eigenvalue weighted by Crippen LogP contribution is -2.61. The molecule has 2 N–H and O–H groups in total. The number of nitrogens with zero attached hydrogens (tertiary/aromatic N) is 1. The molecule has 5 nitrogen and oxygen atoms in total. The molecule has 0 spiro atoms. The molecule has 136 valence electrons. The number of hydrogen-bond donors (Lipinski definition) is 2. The van der Waals surface area contributed by atoms with Gasteiger partial charge in [-0.2, -0.15) is 0 Å². The van der Waals surface area contributed by atoms with Crippen molar-refractivity contribution in [2.75, 3.05) is 6.61 Å². The number of rotatable bonds is 5. The van der Waals surface area contributed by atoms with Crippen LogP contribution < -0.4 is 5.32 Å². The van der Waals surface area contributed by atoms with Crippen LogP contribution in [0.4, 0.5) is 0 Å². The molecule has 0 aromatic heterocycles. The highest BCUT2D eigenvalue weighted by Gasteiger charge is 2.47. The molecule has 1 heterocycles. The second-order valence-electron chi connectivity index (χ2n) is 6.76. The summed E-state index contributed by atoms with van der Waals surface area (Å²) in [6.45, 7) is 1.63. The summed E-state index contributed by atoms with van der Waals surface area (Å²) in [5, 5.41) is 13.1. The Hall–Kier alpha value is -2.66. The average Bonchev–Trinajstić information content (AvgIpc) is 2.67. The summed E-state index contributed by atoms with van der Waals surface area (Å²) in [6, 6.07) is 18.8. The average molecular weight is 352 g/mol. The lowest BCUT2D eigenvalue weighted by molar-refractivity contribution is -0.151. The van der Waals surface area contributed by atoms with E-state index >= 15 is 0 Å². The Labute approximate surface area is 153 Å². The Bertz CT molecular complexity index is 763. The first-order chi connectivity index (χ1) is 12.6. The van der Waals surface area contributed by atoms with Crippen molar-refractivity contribution in [2.24, 2.45) is 0 Å². The van der Waals surface area contributed by atoms with Gasteiger partial charge in [-0.1, -0.05) is 60.7 Å². The van der Waals surface area contributed by atoms with Crippen molar-refractivity contribution in [1.29, 1.82) is 0 Å². The molecule has 0 aliphatic carbocycles. The van der Waals surface area contributed by atoms with Gasteiger partial charge in [0.1, 0.15) is 6.04 Å². The van der Waals surface area contributed by atoms with Gasteiger partial charge in [0.05, 0.1) is 12.1 Å². The lowest BCUT2D eigenvalue weighted by atomic mass is 9.79. The smallest absolute Gasteiger partial charge is 0.246 e. The van der Waals surface area contributed by atoms with Crippen LogP contribution in [0.3, 0.4) is 0 Å². The summed E-state index contributed by atoms with van der Waals surface area (Å²) in [6.07, 6.45) is 1.08. The van der Waals surface area contributed by atoms with Crippen LogP contribution in [0.15, 0.2) is 60.7 Å². The third-order valence-corrected chi connectivity index (χ3v) is 5.06. The number of amides is 2. The zero-order chi connectivity index (χ0) is 18.6. The fourth-order valence-corrected chi connectivity index (χ4v) is 3.72. The van der Waals surface area contributed by atoms with Gasteiger partial charge in [0.2, 0.25) is 11.8 Å². The van der Waals surface area contributed by atoms with Crippen LogP contribution >= 0.6 is 0 Å². The minimum Gasteiger partial charge on any atom is -0.394 e. The van der Waals surface area contributed by atoms with E-state index in [1.165, 1.54) is 6.92 Å². The van der Waals surface area contributed by atoms with Crippen molar-refractivity contribution in [3.8, 4) is 0 Å². The van der Waals surface area contributed by atoms with Gasteiger partial charge in [0, 0.05) is 13.5 Å². The van der Waals surface area contributed by atoms with Gasteiger partial charge in [-0.15, -0.1) is 0 Å². The second-order valence-corrected chi connectivity index (χ2v) is 6.76. The van der Waals surface area contributed by atoms with Crippen molar-refractivity contribution in [3.63, 3.8) is 0 Å². The van der Waals surface area contributed by atoms with E-state index in [9.17, 15) is 14.7 Å². The van der Waals surface area contributed by atoms with Gasteiger partial charge in [-0.3, -0.25) is 9.59 Å². The number of likely N-dealkylation sites (tertiary alicyclic amines) is 1. The van der Waals surface area contributed by atoms with E-state index in [4.69, 9.17) is 0 Å². The number of nitrogens with one attached hydrogen (secondary N) is 1. The molecular weight excluding hydrogens is 328 g/mol. The molecule has 2 atom stereocenters. The largest absolute Gasteiger partial charge is 0.394 e. The van der Waals surface area contributed by atoms with Crippen molar-refractivity contribution < 1.29 is 14.7 Å². The number of aliphatic hydroxyl groups is 1. The molecule has 5 heteroatoms. The minimum absolute atomic E-state index is 0.159. The molecule has 26 heavy (non-hydrogen) atoms. The van der Waals surface area contributed by atoms with Crippen LogP contribution in [-0.2, 0) is 21.7 Å². The highest BCUT2D eigenvalue weighted by molar-refractivity contribution is 5.88. The summed E-state index contributed by atoms with van der Waals surface area (Å²) in [7, 11) is 0. The standard InChI is InChI=1S/C21H24N2O3/c1-16(25)22-19-12-13-21(15-24,18-10-6-3-7-11-18)23(20(19)26)14-17-8-4-2-5-9-17/h2-11,19,24H,12-15H2,1H3,(H,22,25)/t19-,21-/m1/s1. The number of hydrogen-bond acceptors (Lipinski definition) is 3. The molecule has 3 rings (SSSR count). The Balaban J connectivity index is 2.01. The topological polar surface area (TPSA) is 69.6 Å². The number of carbonyl (C=O) groups is 2. The maximum Gasteiger partial charge on any atom is 0.246 e. The number of benzene rings is 2. The van der Waals surface area contributed by atoms with Crippen molar-refractivity contribution >= 4 is 11.8 Å². The molecule has 2 amide bonds. The van der Waals surface area contributed by atoms with E-state index in [0.29, 0.717) is 19.4 Å². The number of carbonyl (C=O) groups excluding carboxylic acids is 2. The van der Waals surface area contributed by atoms with Crippen LogP contribution in [-0.4, -0.2) is 34.5 Å². The zero-order valence-electron chi connectivity index (χ0n) is 14.9. The quantitative estimate of drug-likeness (QED) is 0.867. The molecule has 0 saturated carbocycles. The van der Waals surface area contributed by atoms with Gasteiger partial charge in [0.25, 0.3) is 0 Å². The summed E-state index contributed by atoms with van der Waals surface area (Å²) in [5.41, 5.74) is 1.11. The predicted octanol–water partition coefficient (Wildman–Crippen LogP) is 2.20. The third-order valence-electron chi connectivity index (χ3n) is 5.06. The summed E-state index contributed by atoms with van der Waals surface area (Å²) in [5.74, 6) is -0.382. The van der Waals surface area contributed by atoms with E-state index in [2.05, 4.69) is 5.32 Å². The predicted molar refractivity (Wildman–Crippen MR) is 99.0 cm³/mol. The van der Waals surface area contributed by atoms with E-state index in [1.54, 1.807) is 4.90 Å². The number of aliphatic hydroxyl groups excluding tert-OH is 1. The highest BCUT2D eigenvalue weighted by atomic mass is 16.3. The van der Waals surface area contributed by atoms with Gasteiger partial charge in [-0.05, 0) is 24.0 Å². The SMILES string of the molecule is CC(=O)N[C@@H]1CC[C@@](CO)(c2ccccc2)N(Cc2ccccc2)C1=O. The first-order valence-corrected chi connectivity index (χ1v) is 8.86. The van der Waals surface area contributed by atoms with Crippen LogP contribution in [0.2, 0.25) is 0 Å². The first kappa shape index (κ1) is 18.1. The zero-order valence-corrected chi connectivity index (χ0v) is 14.9. The molecule has 1 aliphatic heterocycles. The Morgan fingerprint density at radius 3 is 2.35 bits per heavy atom. The highest BCUT2D eigenvalue weighted by Crippen LogP contribution is 2.39. The molecule has 1 aliphatic rings.